The van der Waals surface area contributed by atoms with E-state index < -0.39 is 43.5 Å². The second kappa shape index (κ2) is 14.5. The lowest BCUT2D eigenvalue weighted by Crippen LogP contribution is -2.34. The van der Waals surface area contributed by atoms with Gasteiger partial charge in [-0.1, -0.05) is 24.1 Å². The van der Waals surface area contributed by atoms with E-state index >= 15 is 0 Å². The molecule has 0 aliphatic rings. The number of methoxy groups -OCH3 is 2. The van der Waals surface area contributed by atoms with Crippen molar-refractivity contribution in [2.45, 2.75) is 38.0 Å². The third-order valence-corrected chi connectivity index (χ3v) is 6.17. The molecule has 0 radical (unpaired) electrons. The van der Waals surface area contributed by atoms with E-state index in [0.29, 0.717) is 5.75 Å². The lowest BCUT2D eigenvalue weighted by atomic mass is 10.1. The molecule has 0 saturated carbocycles. The molecule has 0 saturated heterocycles. The number of aromatic amines is 1. The fourth-order valence-corrected chi connectivity index (χ4v) is 3.82. The average Bonchev–Trinajstić information content (AvgIpc) is 2.87. The average molecular weight is 522 g/mol. The molecule has 2 N–H and O–H groups in total. The number of nitrogens with zero attached hydrogens (tertiary/aromatic N) is 1. The minimum Gasteiger partial charge on any atom is -0.462 e. The first-order valence-corrected chi connectivity index (χ1v) is 12.3. The highest BCUT2D eigenvalue weighted by Crippen LogP contribution is 2.35. The molecule has 1 aromatic carbocycles. The van der Waals surface area contributed by atoms with Crippen LogP contribution in [0.5, 0.6) is 5.75 Å². The number of carbonyl (C=O) groups is 1. The largest absolute Gasteiger partial charge is 0.462 e. The second-order valence-corrected chi connectivity index (χ2v) is 9.48. The summed E-state index contributed by atoms with van der Waals surface area (Å²) < 4.78 is 29.0. The molecule has 36 heavy (non-hydrogen) atoms. The zero-order valence-corrected chi connectivity index (χ0v) is 21.7. The van der Waals surface area contributed by atoms with E-state index in [-0.39, 0.29) is 26.2 Å². The first-order chi connectivity index (χ1) is 17.2. The van der Waals surface area contributed by atoms with Crippen LogP contribution in [0.25, 0.3) is 0 Å². The Bertz CT molecular complexity index is 1110. The van der Waals surface area contributed by atoms with Gasteiger partial charge in [-0.3, -0.25) is 19.1 Å². The highest BCUT2D eigenvalue weighted by atomic mass is 31.2. The number of aromatic nitrogens is 2. The molecule has 0 aliphatic carbocycles. The quantitative estimate of drug-likeness (QED) is 0.205. The Hall–Kier alpha value is -3.00. The van der Waals surface area contributed by atoms with Gasteiger partial charge in [-0.25, -0.2) is 9.88 Å². The molecule has 2 aromatic rings. The minimum atomic E-state index is -1.77. The van der Waals surface area contributed by atoms with E-state index in [2.05, 4.69) is 16.0 Å². The van der Waals surface area contributed by atoms with E-state index in [0.717, 1.165) is 0 Å². The normalized spacial score (nSPS) is 13.9. The fourth-order valence-electron chi connectivity index (χ4n) is 2.74. The number of hydrogen-bond acceptors (Lipinski definition) is 9. The maximum atomic E-state index is 12.2. The van der Waals surface area contributed by atoms with Gasteiger partial charge in [-0.05, 0) is 26.0 Å². The summed E-state index contributed by atoms with van der Waals surface area (Å²) >= 11 is 0. The fraction of sp³-hybridized carbons (Fsp3) is 0.458. The first-order valence-electron chi connectivity index (χ1n) is 11.1. The molecule has 0 fully saturated rings. The third-order valence-electron chi connectivity index (χ3n) is 4.99. The number of rotatable bonds is 15. The van der Waals surface area contributed by atoms with Crippen molar-refractivity contribution in [2.75, 3.05) is 34.0 Å². The molecule has 11 nitrogen and oxygen atoms in total. The maximum absolute atomic E-state index is 12.2. The van der Waals surface area contributed by atoms with Gasteiger partial charge in [0.2, 0.25) is 0 Å². The molecule has 2 rings (SSSR count). The summed E-state index contributed by atoms with van der Waals surface area (Å²) in [7, 11) is 1.25. The van der Waals surface area contributed by atoms with Gasteiger partial charge in [0.1, 0.15) is 24.9 Å². The molecule has 0 bridgehead atoms. The number of para-hydroxylation sites is 1. The molecular weight excluding hydrogens is 489 g/mol. The molecule has 0 amide bonds. The van der Waals surface area contributed by atoms with Crippen molar-refractivity contribution in [3.8, 4) is 18.1 Å². The number of terminal acetylenes is 1. The minimum absolute atomic E-state index is 0.0457. The van der Waals surface area contributed by atoms with Crippen molar-refractivity contribution >= 4 is 14.5 Å². The van der Waals surface area contributed by atoms with Crippen LogP contribution in [0.1, 0.15) is 26.3 Å². The van der Waals surface area contributed by atoms with E-state index in [1.165, 1.54) is 31.0 Å². The van der Waals surface area contributed by atoms with Crippen molar-refractivity contribution in [2.24, 2.45) is 0 Å². The van der Waals surface area contributed by atoms with Crippen LogP contribution in [0.15, 0.2) is 52.2 Å². The van der Waals surface area contributed by atoms with Crippen LogP contribution in [0, 0.1) is 12.3 Å². The monoisotopic (exact) mass is 521 g/mol. The van der Waals surface area contributed by atoms with Gasteiger partial charge in [0.05, 0.1) is 18.3 Å². The first kappa shape index (κ1) is 29.2. The smallest absolute Gasteiger partial charge is 0.329 e. The molecule has 1 heterocycles. The Morgan fingerprint density at radius 3 is 2.56 bits per heavy atom. The SMILES string of the molecule is C#CC(CC(COP(NCC(=O)OCC(C)(C)OC)Oc1ccccc1)OC)n1ccc(=O)[nH]c1=O. The third kappa shape index (κ3) is 9.93. The Morgan fingerprint density at radius 1 is 1.22 bits per heavy atom. The lowest BCUT2D eigenvalue weighted by molar-refractivity contribution is -0.149. The van der Waals surface area contributed by atoms with Gasteiger partial charge in [0.25, 0.3) is 5.56 Å². The zero-order valence-electron chi connectivity index (χ0n) is 20.8. The van der Waals surface area contributed by atoms with Crippen LogP contribution in [0.3, 0.4) is 0 Å². The number of H-pyrrole nitrogens is 1. The topological polar surface area (TPSA) is 130 Å². The maximum Gasteiger partial charge on any atom is 0.329 e. The summed E-state index contributed by atoms with van der Waals surface area (Å²) in [4.78, 5) is 37.9. The highest BCUT2D eigenvalue weighted by Gasteiger charge is 2.23. The Kier molecular flexibility index (Phi) is 11.8. The Balaban J connectivity index is 2.01. The van der Waals surface area contributed by atoms with Crippen LogP contribution in [-0.4, -0.2) is 61.2 Å². The summed E-state index contributed by atoms with van der Waals surface area (Å²) in [6, 6.07) is 9.50. The molecule has 3 atom stereocenters. The van der Waals surface area contributed by atoms with Crippen LogP contribution in [0.4, 0.5) is 0 Å². The summed E-state index contributed by atoms with van der Waals surface area (Å²) in [6.07, 6.45) is 6.67. The number of carbonyl (C=O) groups excluding carboxylic acids is 1. The van der Waals surface area contributed by atoms with Gasteiger partial charge in [0, 0.05) is 32.9 Å². The van der Waals surface area contributed by atoms with Gasteiger partial charge in [0.15, 0.2) is 0 Å². The van der Waals surface area contributed by atoms with Crippen LogP contribution >= 0.6 is 8.53 Å². The van der Waals surface area contributed by atoms with Gasteiger partial charge < -0.3 is 23.3 Å². The van der Waals surface area contributed by atoms with Crippen LogP contribution in [0.2, 0.25) is 0 Å². The summed E-state index contributed by atoms with van der Waals surface area (Å²) in [5.74, 6) is 2.58. The molecule has 0 spiro atoms. The summed E-state index contributed by atoms with van der Waals surface area (Å²) in [6.45, 7) is 3.58. The zero-order chi connectivity index (χ0) is 26.6. The second-order valence-electron chi connectivity index (χ2n) is 8.21. The number of nitrogens with one attached hydrogen (secondary N) is 2. The van der Waals surface area contributed by atoms with Crippen LogP contribution < -0.4 is 20.9 Å². The molecule has 1 aromatic heterocycles. The number of benzene rings is 1. The summed E-state index contributed by atoms with van der Waals surface area (Å²) in [5, 5.41) is 2.93. The molecule has 0 aliphatic heterocycles. The van der Waals surface area contributed by atoms with Crippen molar-refractivity contribution in [3.05, 3.63) is 63.4 Å². The predicted octanol–water partition coefficient (Wildman–Crippen LogP) is 2.00. The van der Waals surface area contributed by atoms with Crippen molar-refractivity contribution < 1.29 is 28.1 Å². The predicted molar refractivity (Wildman–Crippen MR) is 135 cm³/mol. The lowest BCUT2D eigenvalue weighted by Gasteiger charge is -2.24. The number of hydrogen-bond donors (Lipinski definition) is 2. The van der Waals surface area contributed by atoms with Gasteiger partial charge in [-0.15, -0.1) is 6.42 Å². The van der Waals surface area contributed by atoms with Gasteiger partial charge in [-0.2, -0.15) is 0 Å². The molecule has 12 heteroatoms. The van der Waals surface area contributed by atoms with Crippen molar-refractivity contribution in [1.29, 1.82) is 0 Å². The van der Waals surface area contributed by atoms with E-state index in [1.807, 2.05) is 6.07 Å². The standard InChI is InChI=1S/C24H32N3O8P/c1-6-18(27-13-12-21(28)26-23(27)30)14-20(31-4)16-34-36(35-19-10-8-7-9-11-19)25-15-22(29)33-17-24(2,3)32-5/h1,7-13,18,20,25H,14-17H2,2-5H3,(H,26,28,30). The molecule has 3 unspecified atom stereocenters. The molecular formula is C24H32N3O8P. The van der Waals surface area contributed by atoms with Gasteiger partial charge >= 0.3 is 20.2 Å². The Morgan fingerprint density at radius 2 is 1.94 bits per heavy atom. The number of ether oxygens (including phenoxy) is 3. The summed E-state index contributed by atoms with van der Waals surface area (Å²) in [5.41, 5.74) is -1.74. The van der Waals surface area contributed by atoms with Crippen molar-refractivity contribution in [3.63, 3.8) is 0 Å². The molecule has 196 valence electrons. The van der Waals surface area contributed by atoms with Crippen molar-refractivity contribution in [1.82, 2.24) is 14.6 Å². The van der Waals surface area contributed by atoms with E-state index in [4.69, 9.17) is 29.7 Å². The highest BCUT2D eigenvalue weighted by molar-refractivity contribution is 7.45. The van der Waals surface area contributed by atoms with E-state index in [9.17, 15) is 14.4 Å². The Labute approximate surface area is 211 Å². The number of esters is 1. The van der Waals surface area contributed by atoms with E-state index in [1.54, 1.807) is 38.1 Å². The van der Waals surface area contributed by atoms with Crippen LogP contribution in [-0.2, 0) is 23.5 Å².